The highest BCUT2D eigenvalue weighted by Gasteiger charge is 2.42. The van der Waals surface area contributed by atoms with Gasteiger partial charge >= 0.3 is 0 Å². The van der Waals surface area contributed by atoms with Crippen molar-refractivity contribution in [3.8, 4) is 0 Å². The molecule has 0 spiro atoms. The fraction of sp³-hybridized carbons (Fsp3) is 0.435. The molecule has 156 valence electrons. The standard InChI is InChI=1S/C23H28ClN3O.BrH/c1-15-17(6-5-7-19(15)24)23(10-12-25-13-11-23)26-16-8-9-18-20(14-16)27(4)21(28)22(18,2)3;/h5-9,14,25-26H,10-13H2,1-4H3;1H. The summed E-state index contributed by atoms with van der Waals surface area (Å²) in [6.07, 6.45) is 1.96. The van der Waals surface area contributed by atoms with Crippen LogP contribution in [0.4, 0.5) is 11.4 Å². The maximum absolute atomic E-state index is 12.6. The Morgan fingerprint density at radius 3 is 2.48 bits per heavy atom. The molecule has 2 N–H and O–H groups in total. The van der Waals surface area contributed by atoms with Crippen LogP contribution in [-0.4, -0.2) is 26.0 Å². The van der Waals surface area contributed by atoms with E-state index in [2.05, 4.69) is 41.8 Å². The summed E-state index contributed by atoms with van der Waals surface area (Å²) in [4.78, 5) is 14.4. The van der Waals surface area contributed by atoms with Gasteiger partial charge in [-0.1, -0.05) is 29.8 Å². The maximum Gasteiger partial charge on any atom is 0.236 e. The lowest BCUT2D eigenvalue weighted by molar-refractivity contribution is -0.121. The summed E-state index contributed by atoms with van der Waals surface area (Å²) in [5.74, 6) is 0.141. The van der Waals surface area contributed by atoms with Gasteiger partial charge in [-0.05, 0) is 81.6 Å². The zero-order valence-electron chi connectivity index (χ0n) is 17.4. The monoisotopic (exact) mass is 477 g/mol. The quantitative estimate of drug-likeness (QED) is 0.639. The molecule has 2 aliphatic heterocycles. The first-order valence-electron chi connectivity index (χ1n) is 9.93. The number of carbonyl (C=O) groups is 1. The smallest absolute Gasteiger partial charge is 0.236 e. The number of likely N-dealkylation sites (N-methyl/N-ethyl adjacent to an activating group) is 1. The van der Waals surface area contributed by atoms with Crippen LogP contribution >= 0.6 is 28.6 Å². The summed E-state index contributed by atoms with van der Waals surface area (Å²) in [6.45, 7) is 7.99. The second kappa shape index (κ2) is 7.93. The van der Waals surface area contributed by atoms with Gasteiger partial charge in [0.05, 0.1) is 11.0 Å². The van der Waals surface area contributed by atoms with Crippen molar-refractivity contribution in [2.45, 2.75) is 44.6 Å². The molecule has 2 heterocycles. The third-order valence-corrected chi connectivity index (χ3v) is 6.91. The molecule has 0 atom stereocenters. The van der Waals surface area contributed by atoms with Gasteiger partial charge in [0.2, 0.25) is 5.91 Å². The van der Waals surface area contributed by atoms with Crippen molar-refractivity contribution in [2.24, 2.45) is 0 Å². The molecule has 1 saturated heterocycles. The highest BCUT2D eigenvalue weighted by molar-refractivity contribution is 8.93. The van der Waals surface area contributed by atoms with Crippen LogP contribution in [0, 0.1) is 6.92 Å². The lowest BCUT2D eigenvalue weighted by atomic mass is 9.79. The topological polar surface area (TPSA) is 44.4 Å². The number of amides is 1. The predicted molar refractivity (Wildman–Crippen MR) is 127 cm³/mol. The number of rotatable bonds is 3. The Balaban J connectivity index is 0.00000240. The van der Waals surface area contributed by atoms with Gasteiger partial charge in [0.15, 0.2) is 0 Å². The number of piperidine rings is 1. The molecular formula is C23H29BrClN3O. The third-order valence-electron chi connectivity index (χ3n) is 6.50. The number of fused-ring (bicyclic) bond motifs is 1. The van der Waals surface area contributed by atoms with Crippen molar-refractivity contribution >= 4 is 45.9 Å². The van der Waals surface area contributed by atoms with Crippen molar-refractivity contribution < 1.29 is 4.79 Å². The summed E-state index contributed by atoms with van der Waals surface area (Å²) < 4.78 is 0. The highest BCUT2D eigenvalue weighted by atomic mass is 79.9. The molecule has 29 heavy (non-hydrogen) atoms. The first-order valence-corrected chi connectivity index (χ1v) is 10.3. The zero-order valence-corrected chi connectivity index (χ0v) is 19.9. The van der Waals surface area contributed by atoms with Crippen LogP contribution in [0.1, 0.15) is 43.4 Å². The molecule has 4 nitrogen and oxygen atoms in total. The van der Waals surface area contributed by atoms with Gasteiger partial charge < -0.3 is 15.5 Å². The molecular weight excluding hydrogens is 450 g/mol. The lowest BCUT2D eigenvalue weighted by Crippen LogP contribution is -2.45. The number of hydrogen-bond donors (Lipinski definition) is 2. The van der Waals surface area contributed by atoms with Crippen molar-refractivity contribution in [2.75, 3.05) is 30.4 Å². The fourth-order valence-corrected chi connectivity index (χ4v) is 4.95. The van der Waals surface area contributed by atoms with E-state index in [0.29, 0.717) is 0 Å². The number of nitrogens with one attached hydrogen (secondary N) is 2. The Morgan fingerprint density at radius 1 is 1.10 bits per heavy atom. The Hall–Kier alpha value is -1.56. The number of nitrogens with zero attached hydrogens (tertiary/aromatic N) is 1. The van der Waals surface area contributed by atoms with Gasteiger partial charge in [0.25, 0.3) is 0 Å². The number of anilines is 2. The Bertz CT molecular complexity index is 938. The van der Waals surface area contributed by atoms with Crippen LogP contribution in [0.2, 0.25) is 5.02 Å². The summed E-state index contributed by atoms with van der Waals surface area (Å²) >= 11 is 6.45. The maximum atomic E-state index is 12.6. The molecule has 0 bridgehead atoms. The van der Waals surface area contributed by atoms with Crippen LogP contribution in [-0.2, 0) is 15.7 Å². The van der Waals surface area contributed by atoms with E-state index in [4.69, 9.17) is 11.6 Å². The average molecular weight is 479 g/mol. The molecule has 0 radical (unpaired) electrons. The Morgan fingerprint density at radius 2 is 1.79 bits per heavy atom. The minimum atomic E-state index is -0.474. The molecule has 1 amide bonds. The van der Waals surface area contributed by atoms with Gasteiger partial charge in [0.1, 0.15) is 0 Å². The second-order valence-corrected chi connectivity index (χ2v) is 9.00. The molecule has 2 aromatic rings. The highest BCUT2D eigenvalue weighted by Crippen LogP contribution is 2.44. The van der Waals surface area contributed by atoms with Gasteiger partial charge in [0, 0.05) is 23.4 Å². The first kappa shape index (κ1) is 22.1. The third kappa shape index (κ3) is 3.58. The second-order valence-electron chi connectivity index (χ2n) is 8.59. The summed E-state index contributed by atoms with van der Waals surface area (Å²) in [5.41, 5.74) is 4.86. The SMILES string of the molecule is Br.Cc1c(Cl)cccc1C1(Nc2ccc3c(c2)N(C)C(=O)C3(C)C)CCNCC1. The molecule has 0 unspecified atom stereocenters. The molecule has 2 aliphatic rings. The van der Waals surface area contributed by atoms with Crippen molar-refractivity contribution in [3.05, 3.63) is 58.1 Å². The van der Waals surface area contributed by atoms with Gasteiger partial charge in [-0.2, -0.15) is 0 Å². The number of halogens is 2. The first-order chi connectivity index (χ1) is 13.3. The summed E-state index contributed by atoms with van der Waals surface area (Å²) in [7, 11) is 1.86. The van der Waals surface area contributed by atoms with Crippen LogP contribution in [0.5, 0.6) is 0 Å². The van der Waals surface area contributed by atoms with E-state index in [1.165, 1.54) is 5.56 Å². The molecule has 1 fully saturated rings. The van der Waals surface area contributed by atoms with Gasteiger partial charge in [-0.25, -0.2) is 0 Å². The molecule has 0 saturated carbocycles. The predicted octanol–water partition coefficient (Wildman–Crippen LogP) is 5.17. The van der Waals surface area contributed by atoms with E-state index < -0.39 is 5.41 Å². The van der Waals surface area contributed by atoms with Crippen LogP contribution < -0.4 is 15.5 Å². The van der Waals surface area contributed by atoms with E-state index >= 15 is 0 Å². The van der Waals surface area contributed by atoms with Crippen LogP contribution in [0.15, 0.2) is 36.4 Å². The minimum absolute atomic E-state index is 0. The summed E-state index contributed by atoms with van der Waals surface area (Å²) in [6, 6.07) is 12.5. The van der Waals surface area contributed by atoms with Crippen molar-refractivity contribution in [1.82, 2.24) is 5.32 Å². The van der Waals surface area contributed by atoms with Gasteiger partial charge in [-0.3, -0.25) is 4.79 Å². The largest absolute Gasteiger partial charge is 0.375 e. The molecule has 6 heteroatoms. The van der Waals surface area contributed by atoms with Crippen molar-refractivity contribution in [3.63, 3.8) is 0 Å². The lowest BCUT2D eigenvalue weighted by Gasteiger charge is -2.41. The Labute approximate surface area is 188 Å². The van der Waals surface area contributed by atoms with Crippen LogP contribution in [0.3, 0.4) is 0 Å². The number of carbonyl (C=O) groups excluding carboxylic acids is 1. The normalized spacial score (nSPS) is 19.5. The van der Waals surface area contributed by atoms with E-state index in [9.17, 15) is 4.79 Å². The minimum Gasteiger partial charge on any atom is -0.375 e. The van der Waals surface area contributed by atoms with E-state index in [-0.39, 0.29) is 28.4 Å². The van der Waals surface area contributed by atoms with Crippen LogP contribution in [0.25, 0.3) is 0 Å². The van der Waals surface area contributed by atoms with E-state index in [1.807, 2.05) is 33.0 Å². The molecule has 2 aromatic carbocycles. The summed E-state index contributed by atoms with van der Waals surface area (Å²) in [5, 5.41) is 8.11. The average Bonchev–Trinajstić information content (AvgIpc) is 2.85. The van der Waals surface area contributed by atoms with E-state index in [1.54, 1.807) is 4.90 Å². The molecule has 0 aliphatic carbocycles. The molecule has 4 rings (SSSR count). The van der Waals surface area contributed by atoms with Crippen molar-refractivity contribution in [1.29, 1.82) is 0 Å². The molecule has 0 aromatic heterocycles. The zero-order chi connectivity index (χ0) is 20.1. The van der Waals surface area contributed by atoms with E-state index in [0.717, 1.165) is 53.5 Å². The number of benzene rings is 2. The Kier molecular flexibility index (Phi) is 6.06. The fourth-order valence-electron chi connectivity index (χ4n) is 4.78. The number of hydrogen-bond acceptors (Lipinski definition) is 3. The van der Waals surface area contributed by atoms with Gasteiger partial charge in [-0.15, -0.1) is 17.0 Å².